The first kappa shape index (κ1) is 7.01. The number of hydrazine groups is 1. The molecule has 0 saturated carbocycles. The van der Waals surface area contributed by atoms with Crippen LogP contribution in [0.15, 0.2) is 17.3 Å². The lowest BCUT2D eigenvalue weighted by atomic mass is 10.5. The predicted octanol–water partition coefficient (Wildman–Crippen LogP) is 0.602. The number of halogens is 1. The van der Waals surface area contributed by atoms with Gasteiger partial charge >= 0.3 is 0 Å². The average molecular weight is 162 g/mol. The Morgan fingerprint density at radius 2 is 2.60 bits per heavy atom. The fourth-order valence-electron chi connectivity index (χ4n) is 0.537. The van der Waals surface area contributed by atoms with E-state index < -0.39 is 5.03 Å². The van der Waals surface area contributed by atoms with Gasteiger partial charge in [0.25, 0.3) is 5.29 Å². The summed E-state index contributed by atoms with van der Waals surface area (Å²) in [4.78, 5) is 13.6. The standard InChI is InChI=1S/C4H4ClN3O2/c5-4-6-2-1-3-7(4)8(9)10/h1-2H,3H2. The van der Waals surface area contributed by atoms with E-state index in [0.29, 0.717) is 0 Å². The zero-order valence-corrected chi connectivity index (χ0v) is 5.65. The largest absolute Gasteiger partial charge is 0.262 e. The van der Waals surface area contributed by atoms with Crippen LogP contribution in [0.25, 0.3) is 0 Å². The molecule has 1 rings (SSSR count). The summed E-state index contributed by atoms with van der Waals surface area (Å²) in [6, 6.07) is 0. The summed E-state index contributed by atoms with van der Waals surface area (Å²) in [7, 11) is 0. The van der Waals surface area contributed by atoms with Crippen molar-refractivity contribution in [3.05, 3.63) is 22.4 Å². The highest BCUT2D eigenvalue weighted by Crippen LogP contribution is 2.02. The maximum atomic E-state index is 10.1. The van der Waals surface area contributed by atoms with Crippen LogP contribution in [0.2, 0.25) is 0 Å². The van der Waals surface area contributed by atoms with Crippen molar-refractivity contribution in [2.45, 2.75) is 0 Å². The SMILES string of the molecule is O=[N+]([O-])N1CC=CN=C1Cl. The molecule has 0 aromatic carbocycles. The van der Waals surface area contributed by atoms with Crippen molar-refractivity contribution in [2.75, 3.05) is 6.54 Å². The van der Waals surface area contributed by atoms with Gasteiger partial charge in [-0.3, -0.25) is 0 Å². The second-order valence-electron chi connectivity index (χ2n) is 1.60. The number of amidine groups is 1. The number of hydrogen-bond acceptors (Lipinski definition) is 3. The Balaban J connectivity index is 2.73. The molecule has 0 N–H and O–H groups in total. The summed E-state index contributed by atoms with van der Waals surface area (Å²) in [5.74, 6) is 0. The molecule has 1 aliphatic heterocycles. The summed E-state index contributed by atoms with van der Waals surface area (Å²) in [5, 5.41) is 10.1. The fourth-order valence-corrected chi connectivity index (χ4v) is 0.724. The predicted molar refractivity (Wildman–Crippen MR) is 36.1 cm³/mol. The lowest BCUT2D eigenvalue weighted by Crippen LogP contribution is -2.34. The molecule has 0 aliphatic carbocycles. The lowest BCUT2D eigenvalue weighted by Gasteiger charge is -2.10. The molecule has 0 saturated heterocycles. The third-order valence-electron chi connectivity index (χ3n) is 0.975. The Kier molecular flexibility index (Phi) is 1.86. The van der Waals surface area contributed by atoms with E-state index in [9.17, 15) is 10.1 Å². The van der Waals surface area contributed by atoms with Crippen LogP contribution >= 0.6 is 11.6 Å². The van der Waals surface area contributed by atoms with E-state index in [2.05, 4.69) is 4.99 Å². The Morgan fingerprint density at radius 1 is 1.90 bits per heavy atom. The van der Waals surface area contributed by atoms with E-state index in [0.717, 1.165) is 5.01 Å². The van der Waals surface area contributed by atoms with Gasteiger partial charge in [0.15, 0.2) is 5.03 Å². The van der Waals surface area contributed by atoms with Gasteiger partial charge in [0.2, 0.25) is 0 Å². The maximum Gasteiger partial charge on any atom is 0.262 e. The average Bonchev–Trinajstić information content (AvgIpc) is 1.88. The van der Waals surface area contributed by atoms with Crippen LogP contribution in [0.4, 0.5) is 0 Å². The number of nitrogens with zero attached hydrogens (tertiary/aromatic N) is 3. The minimum Gasteiger partial charge on any atom is -0.234 e. The molecule has 6 heteroatoms. The summed E-state index contributed by atoms with van der Waals surface area (Å²) in [5.41, 5.74) is 0. The molecule has 1 aliphatic rings. The molecule has 10 heavy (non-hydrogen) atoms. The molecule has 0 aromatic rings. The highest BCUT2D eigenvalue weighted by Gasteiger charge is 2.19. The van der Waals surface area contributed by atoms with Gasteiger partial charge in [0.05, 0.1) is 0 Å². The Labute approximate surface area is 61.7 Å². The highest BCUT2D eigenvalue weighted by atomic mass is 35.5. The van der Waals surface area contributed by atoms with E-state index in [-0.39, 0.29) is 11.8 Å². The summed E-state index contributed by atoms with van der Waals surface area (Å²) in [6.45, 7) is 0.176. The topological polar surface area (TPSA) is 58.7 Å². The first-order valence-corrected chi connectivity index (χ1v) is 2.90. The van der Waals surface area contributed by atoms with Gasteiger partial charge in [-0.05, 0) is 17.7 Å². The van der Waals surface area contributed by atoms with Gasteiger partial charge in [-0.15, -0.1) is 0 Å². The van der Waals surface area contributed by atoms with E-state index in [1.54, 1.807) is 6.08 Å². The molecule has 54 valence electrons. The second kappa shape index (κ2) is 2.66. The maximum absolute atomic E-state index is 10.1. The smallest absolute Gasteiger partial charge is 0.234 e. The van der Waals surface area contributed by atoms with E-state index in [1.165, 1.54) is 6.20 Å². The third kappa shape index (κ3) is 1.24. The van der Waals surface area contributed by atoms with Gasteiger partial charge in [0.1, 0.15) is 6.54 Å². The first-order chi connectivity index (χ1) is 4.72. The van der Waals surface area contributed by atoms with Gasteiger partial charge in [-0.2, -0.15) is 0 Å². The van der Waals surface area contributed by atoms with Crippen molar-refractivity contribution in [1.82, 2.24) is 5.01 Å². The Hall–Kier alpha value is -1.10. The van der Waals surface area contributed by atoms with Gasteiger partial charge < -0.3 is 0 Å². The number of aliphatic imine (C=N–C) groups is 1. The minimum absolute atomic E-state index is 0.104. The number of rotatable bonds is 1. The monoisotopic (exact) mass is 161 g/mol. The second-order valence-corrected chi connectivity index (χ2v) is 1.94. The minimum atomic E-state index is -0.602. The molecule has 0 spiro atoms. The molecule has 0 radical (unpaired) electrons. The van der Waals surface area contributed by atoms with Gasteiger partial charge in [0, 0.05) is 6.20 Å². The molecule has 0 bridgehead atoms. The molecular formula is C4H4ClN3O2. The van der Waals surface area contributed by atoms with Crippen molar-refractivity contribution in [3.63, 3.8) is 0 Å². The molecular weight excluding hydrogens is 158 g/mol. The molecule has 0 fully saturated rings. The normalized spacial score (nSPS) is 16.9. The van der Waals surface area contributed by atoms with Crippen LogP contribution in [0, 0.1) is 10.1 Å². The summed E-state index contributed by atoms with van der Waals surface area (Å²) in [6.07, 6.45) is 2.98. The highest BCUT2D eigenvalue weighted by molar-refractivity contribution is 6.64. The number of nitro groups is 1. The molecule has 0 aromatic heterocycles. The van der Waals surface area contributed by atoms with Crippen LogP contribution in [0.3, 0.4) is 0 Å². The van der Waals surface area contributed by atoms with Crippen molar-refractivity contribution in [1.29, 1.82) is 0 Å². The van der Waals surface area contributed by atoms with Crippen LogP contribution in [0.1, 0.15) is 0 Å². The quantitative estimate of drug-likeness (QED) is 0.322. The number of hydrogen-bond donors (Lipinski definition) is 0. The lowest BCUT2D eigenvalue weighted by molar-refractivity contribution is -0.626. The van der Waals surface area contributed by atoms with Crippen molar-refractivity contribution in [3.8, 4) is 0 Å². The summed E-state index contributed by atoms with van der Waals surface area (Å²) < 4.78 is 0. The van der Waals surface area contributed by atoms with Crippen molar-refractivity contribution in [2.24, 2.45) is 4.99 Å². The summed E-state index contributed by atoms with van der Waals surface area (Å²) >= 11 is 5.36. The van der Waals surface area contributed by atoms with E-state index in [4.69, 9.17) is 11.6 Å². The van der Waals surface area contributed by atoms with Crippen LogP contribution in [-0.2, 0) is 0 Å². The fraction of sp³-hybridized carbons (Fsp3) is 0.250. The van der Waals surface area contributed by atoms with Gasteiger partial charge in [-0.1, -0.05) is 5.01 Å². The molecule has 5 nitrogen and oxygen atoms in total. The zero-order chi connectivity index (χ0) is 7.56. The van der Waals surface area contributed by atoms with Crippen LogP contribution < -0.4 is 0 Å². The molecule has 0 atom stereocenters. The molecule has 1 heterocycles. The van der Waals surface area contributed by atoms with Crippen LogP contribution in [-0.4, -0.2) is 21.9 Å². The van der Waals surface area contributed by atoms with Crippen molar-refractivity contribution >= 4 is 16.9 Å². The van der Waals surface area contributed by atoms with E-state index >= 15 is 0 Å². The Bertz CT molecular complexity index is 213. The van der Waals surface area contributed by atoms with E-state index in [1.807, 2.05) is 0 Å². The molecule has 0 unspecified atom stereocenters. The van der Waals surface area contributed by atoms with Gasteiger partial charge in [-0.25, -0.2) is 15.1 Å². The molecule has 0 amide bonds. The first-order valence-electron chi connectivity index (χ1n) is 2.52. The van der Waals surface area contributed by atoms with Crippen LogP contribution in [0.5, 0.6) is 0 Å². The zero-order valence-electron chi connectivity index (χ0n) is 4.90. The Morgan fingerprint density at radius 3 is 3.00 bits per heavy atom. The third-order valence-corrected chi connectivity index (χ3v) is 1.27. The van der Waals surface area contributed by atoms with Crippen molar-refractivity contribution < 1.29 is 5.03 Å².